The molecule has 1 nitrogen and oxygen atoms in total. The molecule has 0 aliphatic heterocycles. The molecule has 0 spiro atoms. The van der Waals surface area contributed by atoms with Crippen molar-refractivity contribution >= 4 is 11.6 Å². The molecule has 0 aliphatic rings. The first-order valence-electron chi connectivity index (χ1n) is 4.83. The van der Waals surface area contributed by atoms with E-state index in [0.717, 1.165) is 11.0 Å². The van der Waals surface area contributed by atoms with Crippen molar-refractivity contribution in [3.8, 4) is 0 Å². The van der Waals surface area contributed by atoms with E-state index in [2.05, 4.69) is 0 Å². The molecule has 0 saturated carbocycles. The van der Waals surface area contributed by atoms with Crippen LogP contribution in [-0.2, 0) is 0 Å². The molecular formula is C11H12ClF4N. The van der Waals surface area contributed by atoms with Gasteiger partial charge in [0.1, 0.15) is 11.9 Å². The van der Waals surface area contributed by atoms with Gasteiger partial charge in [0.15, 0.2) is 0 Å². The van der Waals surface area contributed by atoms with Gasteiger partial charge in [0, 0.05) is 5.02 Å². The second kappa shape index (κ2) is 4.82. The Hall–Kier alpha value is -0.810. The number of halogens is 5. The summed E-state index contributed by atoms with van der Waals surface area (Å²) in [6.45, 7) is 1.45. The lowest BCUT2D eigenvalue weighted by atomic mass is 10.0. The molecular weight excluding hydrogens is 258 g/mol. The lowest BCUT2D eigenvalue weighted by Crippen LogP contribution is -2.33. The molecule has 1 unspecified atom stereocenters. The van der Waals surface area contributed by atoms with Crippen molar-refractivity contribution in [2.24, 2.45) is 0 Å². The topological polar surface area (TPSA) is 3.24 Å². The lowest BCUT2D eigenvalue weighted by molar-refractivity contribution is -0.179. The molecule has 6 heteroatoms. The highest BCUT2D eigenvalue weighted by molar-refractivity contribution is 6.31. The van der Waals surface area contributed by atoms with Gasteiger partial charge in [-0.05, 0) is 44.3 Å². The molecule has 1 atom stereocenters. The fraction of sp³-hybridized carbons (Fsp3) is 0.455. The largest absolute Gasteiger partial charge is 0.408 e. The first-order valence-corrected chi connectivity index (χ1v) is 5.21. The quantitative estimate of drug-likeness (QED) is 0.735. The summed E-state index contributed by atoms with van der Waals surface area (Å²) < 4.78 is 51.9. The number of benzene rings is 1. The van der Waals surface area contributed by atoms with E-state index < -0.39 is 18.0 Å². The van der Waals surface area contributed by atoms with Crippen LogP contribution in [-0.4, -0.2) is 25.2 Å². The van der Waals surface area contributed by atoms with Gasteiger partial charge in [-0.25, -0.2) is 4.39 Å². The molecule has 0 amide bonds. The Labute approximate surface area is 102 Å². The van der Waals surface area contributed by atoms with Crippen molar-refractivity contribution in [2.45, 2.75) is 19.1 Å². The molecule has 0 radical (unpaired) electrons. The molecule has 0 aliphatic carbocycles. The van der Waals surface area contributed by atoms with E-state index in [4.69, 9.17) is 11.6 Å². The van der Waals surface area contributed by atoms with Gasteiger partial charge in [-0.2, -0.15) is 13.2 Å². The zero-order chi connectivity index (χ0) is 13.4. The average Bonchev–Trinajstić information content (AvgIpc) is 2.11. The normalized spacial score (nSPS) is 14.2. The number of hydrogen-bond acceptors (Lipinski definition) is 1. The van der Waals surface area contributed by atoms with Crippen molar-refractivity contribution in [3.05, 3.63) is 34.1 Å². The monoisotopic (exact) mass is 269 g/mol. The lowest BCUT2D eigenvalue weighted by Gasteiger charge is -2.28. The molecule has 0 N–H and O–H groups in total. The Bertz CT molecular complexity index is 415. The minimum absolute atomic E-state index is 0.0834. The van der Waals surface area contributed by atoms with Gasteiger partial charge >= 0.3 is 6.18 Å². The maximum atomic E-state index is 13.3. The van der Waals surface area contributed by atoms with E-state index in [1.54, 1.807) is 0 Å². The number of hydrogen-bond donors (Lipinski definition) is 0. The van der Waals surface area contributed by atoms with E-state index in [1.165, 1.54) is 27.1 Å². The summed E-state index contributed by atoms with van der Waals surface area (Å²) in [5, 5.41) is -0.0834. The summed E-state index contributed by atoms with van der Waals surface area (Å²) in [6.07, 6.45) is -4.51. The standard InChI is InChI=1S/C11H12ClF4N/c1-6-4-8(12)7(5-9(6)13)10(17(2)3)11(14,15)16/h4-5,10H,1-3H3. The fourth-order valence-electron chi connectivity index (χ4n) is 1.62. The van der Waals surface area contributed by atoms with Crippen LogP contribution in [0.1, 0.15) is 17.2 Å². The first kappa shape index (κ1) is 14.3. The molecule has 0 saturated heterocycles. The number of rotatable bonds is 2. The van der Waals surface area contributed by atoms with Crippen LogP contribution >= 0.6 is 11.6 Å². The fourth-order valence-corrected chi connectivity index (χ4v) is 1.94. The summed E-state index contributed by atoms with van der Waals surface area (Å²) >= 11 is 5.75. The summed E-state index contributed by atoms with van der Waals surface area (Å²) in [7, 11) is 2.54. The van der Waals surface area contributed by atoms with Gasteiger partial charge in [-0.1, -0.05) is 11.6 Å². The number of alkyl halides is 3. The molecule has 1 aromatic rings. The molecule has 0 bridgehead atoms. The van der Waals surface area contributed by atoms with Crippen LogP contribution in [0.2, 0.25) is 5.02 Å². The zero-order valence-electron chi connectivity index (χ0n) is 9.57. The van der Waals surface area contributed by atoms with Gasteiger partial charge in [0.05, 0.1) is 0 Å². The third-order valence-corrected chi connectivity index (χ3v) is 2.73. The number of aryl methyl sites for hydroxylation is 1. The minimum Gasteiger partial charge on any atom is -0.295 e. The second-order valence-electron chi connectivity index (χ2n) is 4.03. The molecule has 0 heterocycles. The van der Waals surface area contributed by atoms with Crippen LogP contribution in [0.4, 0.5) is 17.6 Å². The SMILES string of the molecule is Cc1cc(Cl)c(C(N(C)C)C(F)(F)F)cc1F. The average molecular weight is 270 g/mol. The molecule has 0 aromatic heterocycles. The molecule has 17 heavy (non-hydrogen) atoms. The van der Waals surface area contributed by atoms with E-state index in [1.807, 2.05) is 0 Å². The Morgan fingerprint density at radius 2 is 1.76 bits per heavy atom. The summed E-state index contributed by atoms with van der Waals surface area (Å²) in [5.41, 5.74) is -0.0503. The molecule has 1 aromatic carbocycles. The number of nitrogens with zero attached hydrogens (tertiary/aromatic N) is 1. The van der Waals surface area contributed by atoms with Crippen molar-refractivity contribution in [1.29, 1.82) is 0 Å². The van der Waals surface area contributed by atoms with Crippen LogP contribution in [0.25, 0.3) is 0 Å². The second-order valence-corrected chi connectivity index (χ2v) is 4.44. The van der Waals surface area contributed by atoms with Crippen LogP contribution in [0.15, 0.2) is 12.1 Å². The molecule has 96 valence electrons. The molecule has 1 rings (SSSR count). The Balaban J connectivity index is 3.34. The minimum atomic E-state index is -4.51. The first-order chi connectivity index (χ1) is 7.64. The Morgan fingerprint density at radius 3 is 2.18 bits per heavy atom. The zero-order valence-corrected chi connectivity index (χ0v) is 10.3. The molecule has 0 fully saturated rings. The summed E-state index contributed by atoms with van der Waals surface area (Å²) in [4.78, 5) is 0.954. The maximum Gasteiger partial charge on any atom is 0.408 e. The highest BCUT2D eigenvalue weighted by atomic mass is 35.5. The summed E-state index contributed by atoms with van der Waals surface area (Å²) in [5.74, 6) is -0.694. The van der Waals surface area contributed by atoms with Crippen molar-refractivity contribution in [3.63, 3.8) is 0 Å². The van der Waals surface area contributed by atoms with Crippen LogP contribution in [0.3, 0.4) is 0 Å². The van der Waals surface area contributed by atoms with E-state index in [-0.39, 0.29) is 16.1 Å². The van der Waals surface area contributed by atoms with Gasteiger partial charge in [0.2, 0.25) is 0 Å². The van der Waals surface area contributed by atoms with E-state index >= 15 is 0 Å². The van der Waals surface area contributed by atoms with Crippen molar-refractivity contribution in [1.82, 2.24) is 4.90 Å². The third-order valence-electron chi connectivity index (χ3n) is 2.40. The van der Waals surface area contributed by atoms with Crippen molar-refractivity contribution < 1.29 is 17.6 Å². The predicted octanol–water partition coefficient (Wildman–Crippen LogP) is 3.95. The van der Waals surface area contributed by atoms with Gasteiger partial charge in [-0.15, -0.1) is 0 Å². The van der Waals surface area contributed by atoms with Gasteiger partial charge in [0.25, 0.3) is 0 Å². The Kier molecular flexibility index (Phi) is 4.04. The predicted molar refractivity (Wildman–Crippen MR) is 58.6 cm³/mol. The van der Waals surface area contributed by atoms with Gasteiger partial charge < -0.3 is 0 Å². The summed E-state index contributed by atoms with van der Waals surface area (Å²) in [6, 6.07) is 0.134. The third kappa shape index (κ3) is 3.10. The van der Waals surface area contributed by atoms with Gasteiger partial charge in [-0.3, -0.25) is 4.90 Å². The van der Waals surface area contributed by atoms with Crippen LogP contribution < -0.4 is 0 Å². The smallest absolute Gasteiger partial charge is 0.295 e. The van der Waals surface area contributed by atoms with Crippen molar-refractivity contribution in [2.75, 3.05) is 14.1 Å². The highest BCUT2D eigenvalue weighted by Gasteiger charge is 2.43. The maximum absolute atomic E-state index is 13.3. The Morgan fingerprint density at radius 1 is 1.24 bits per heavy atom. The van der Waals surface area contributed by atoms with E-state index in [0.29, 0.717) is 0 Å². The highest BCUT2D eigenvalue weighted by Crippen LogP contribution is 2.39. The van der Waals surface area contributed by atoms with Crippen LogP contribution in [0.5, 0.6) is 0 Å². The van der Waals surface area contributed by atoms with E-state index in [9.17, 15) is 17.6 Å². The van der Waals surface area contributed by atoms with Crippen LogP contribution in [0, 0.1) is 12.7 Å².